The zero-order valence-electron chi connectivity index (χ0n) is 12.9. The highest BCUT2D eigenvalue weighted by atomic mass is 79.9. The minimum atomic E-state index is -0.423. The number of rotatable bonds is 4. The lowest BCUT2D eigenvalue weighted by atomic mass is 10.3. The van der Waals surface area contributed by atoms with Crippen molar-refractivity contribution in [1.29, 1.82) is 0 Å². The van der Waals surface area contributed by atoms with Crippen LogP contribution in [-0.2, 0) is 0 Å². The average Bonchev–Trinajstić information content (AvgIpc) is 3.08. The lowest BCUT2D eigenvalue weighted by molar-refractivity contribution is 0.248. The molecule has 0 saturated carbocycles. The lowest BCUT2D eigenvalue weighted by Crippen LogP contribution is -2.33. The van der Waals surface area contributed by atoms with Crippen LogP contribution in [0, 0.1) is 0 Å². The maximum atomic E-state index is 12.2. The SMILES string of the molecule is CC(NC(=O)Nc1ccc(Br)nc1Br)c1ncnn1-c1ncccn1. The molecule has 0 aromatic carbocycles. The second-order valence-electron chi connectivity index (χ2n) is 4.87. The minimum absolute atomic E-state index is 0.379. The van der Waals surface area contributed by atoms with E-state index in [1.54, 1.807) is 37.5 Å². The first-order valence-electron chi connectivity index (χ1n) is 7.11. The summed E-state index contributed by atoms with van der Waals surface area (Å²) in [6.07, 6.45) is 4.60. The molecule has 0 spiro atoms. The van der Waals surface area contributed by atoms with Gasteiger partial charge in [-0.1, -0.05) is 0 Å². The number of carbonyl (C=O) groups is 1. The van der Waals surface area contributed by atoms with Crippen LogP contribution in [0.2, 0.25) is 0 Å². The van der Waals surface area contributed by atoms with Crippen molar-refractivity contribution < 1.29 is 4.79 Å². The summed E-state index contributed by atoms with van der Waals surface area (Å²) in [6, 6.07) is 4.34. The Hall–Kier alpha value is -2.40. The van der Waals surface area contributed by atoms with Crippen LogP contribution in [0.4, 0.5) is 10.5 Å². The molecule has 0 aliphatic heterocycles. The maximum Gasteiger partial charge on any atom is 0.319 e. The summed E-state index contributed by atoms with van der Waals surface area (Å²) in [4.78, 5) is 28.8. The maximum absolute atomic E-state index is 12.2. The molecular formula is C14H12Br2N8O. The predicted molar refractivity (Wildman–Crippen MR) is 97.2 cm³/mol. The first kappa shape index (κ1) is 17.4. The molecular weight excluding hydrogens is 456 g/mol. The van der Waals surface area contributed by atoms with Gasteiger partial charge in [-0.3, -0.25) is 0 Å². The van der Waals surface area contributed by atoms with Gasteiger partial charge in [-0.25, -0.2) is 24.7 Å². The molecule has 3 aromatic rings. The molecule has 1 unspecified atom stereocenters. The number of urea groups is 1. The van der Waals surface area contributed by atoms with Crippen molar-refractivity contribution in [2.45, 2.75) is 13.0 Å². The highest BCUT2D eigenvalue weighted by Gasteiger charge is 2.18. The molecule has 25 heavy (non-hydrogen) atoms. The lowest BCUT2D eigenvalue weighted by Gasteiger charge is -2.15. The van der Waals surface area contributed by atoms with E-state index < -0.39 is 12.1 Å². The first-order valence-corrected chi connectivity index (χ1v) is 8.70. The van der Waals surface area contributed by atoms with Crippen LogP contribution in [0.15, 0.2) is 46.1 Å². The molecule has 0 aliphatic carbocycles. The number of hydrogen-bond donors (Lipinski definition) is 2. The highest BCUT2D eigenvalue weighted by molar-refractivity contribution is 9.11. The number of amides is 2. The van der Waals surface area contributed by atoms with Crippen molar-refractivity contribution in [2.24, 2.45) is 0 Å². The van der Waals surface area contributed by atoms with Gasteiger partial charge in [0, 0.05) is 12.4 Å². The summed E-state index contributed by atoms with van der Waals surface area (Å²) in [5, 5.41) is 9.62. The molecule has 9 nitrogen and oxygen atoms in total. The molecule has 0 aliphatic rings. The van der Waals surface area contributed by atoms with Gasteiger partial charge >= 0.3 is 6.03 Å². The van der Waals surface area contributed by atoms with E-state index in [4.69, 9.17) is 0 Å². The number of nitrogens with one attached hydrogen (secondary N) is 2. The van der Waals surface area contributed by atoms with Gasteiger partial charge in [-0.2, -0.15) is 9.78 Å². The van der Waals surface area contributed by atoms with Crippen LogP contribution >= 0.6 is 31.9 Å². The number of pyridine rings is 1. The molecule has 0 fully saturated rings. The first-order chi connectivity index (χ1) is 12.0. The topological polar surface area (TPSA) is 111 Å². The number of anilines is 1. The second kappa shape index (κ2) is 7.66. The largest absolute Gasteiger partial charge is 0.328 e. The normalized spacial score (nSPS) is 11.8. The molecule has 11 heteroatoms. The molecule has 1 atom stereocenters. The molecule has 0 radical (unpaired) electrons. The predicted octanol–water partition coefficient (Wildman–Crippen LogP) is 2.86. The highest BCUT2D eigenvalue weighted by Crippen LogP contribution is 2.22. The van der Waals surface area contributed by atoms with Gasteiger partial charge in [-0.15, -0.1) is 0 Å². The van der Waals surface area contributed by atoms with Crippen LogP contribution in [-0.4, -0.2) is 35.7 Å². The van der Waals surface area contributed by atoms with Crippen LogP contribution < -0.4 is 10.6 Å². The van der Waals surface area contributed by atoms with E-state index in [9.17, 15) is 4.79 Å². The van der Waals surface area contributed by atoms with Crippen molar-refractivity contribution in [3.05, 3.63) is 52.0 Å². The summed E-state index contributed by atoms with van der Waals surface area (Å²) in [5.74, 6) is 0.887. The number of nitrogens with zero attached hydrogens (tertiary/aromatic N) is 6. The molecule has 2 N–H and O–H groups in total. The van der Waals surface area contributed by atoms with Crippen molar-refractivity contribution in [3.63, 3.8) is 0 Å². The van der Waals surface area contributed by atoms with E-state index in [0.29, 0.717) is 26.7 Å². The third kappa shape index (κ3) is 4.17. The second-order valence-corrected chi connectivity index (χ2v) is 6.43. The van der Waals surface area contributed by atoms with Crippen molar-refractivity contribution in [2.75, 3.05) is 5.32 Å². The van der Waals surface area contributed by atoms with E-state index in [1.165, 1.54) is 11.0 Å². The summed E-state index contributed by atoms with van der Waals surface area (Å²) in [6.45, 7) is 1.79. The zero-order chi connectivity index (χ0) is 17.8. The Morgan fingerprint density at radius 3 is 2.68 bits per heavy atom. The summed E-state index contributed by atoms with van der Waals surface area (Å²) >= 11 is 6.56. The Morgan fingerprint density at radius 1 is 1.20 bits per heavy atom. The van der Waals surface area contributed by atoms with Crippen molar-refractivity contribution in [1.82, 2.24) is 35.0 Å². The molecule has 3 rings (SSSR count). The standard InChI is InChI=1S/C14H12Br2N8O/c1-8(12-19-7-20-24(12)13-17-5-2-6-18-13)21-14(25)22-9-3-4-10(15)23-11(9)16/h2-8H,1H3,(H2,21,22,25). The molecule has 3 heterocycles. The number of hydrogen-bond acceptors (Lipinski definition) is 6. The Kier molecular flexibility index (Phi) is 5.34. The number of carbonyl (C=O) groups excluding carboxylic acids is 1. The van der Waals surface area contributed by atoms with Gasteiger partial charge in [0.15, 0.2) is 5.82 Å². The summed E-state index contributed by atoms with van der Waals surface area (Å²) in [5.41, 5.74) is 0.542. The van der Waals surface area contributed by atoms with Crippen LogP contribution in [0.25, 0.3) is 5.95 Å². The van der Waals surface area contributed by atoms with Gasteiger partial charge in [-0.05, 0) is 57.0 Å². The van der Waals surface area contributed by atoms with Crippen LogP contribution in [0.3, 0.4) is 0 Å². The van der Waals surface area contributed by atoms with E-state index >= 15 is 0 Å². The van der Waals surface area contributed by atoms with E-state index in [0.717, 1.165) is 0 Å². The zero-order valence-corrected chi connectivity index (χ0v) is 16.1. The van der Waals surface area contributed by atoms with Crippen LogP contribution in [0.5, 0.6) is 0 Å². The van der Waals surface area contributed by atoms with Gasteiger partial charge in [0.2, 0.25) is 0 Å². The summed E-state index contributed by atoms with van der Waals surface area (Å²) < 4.78 is 2.65. The fraction of sp³-hybridized carbons (Fsp3) is 0.143. The van der Waals surface area contributed by atoms with Crippen LogP contribution in [0.1, 0.15) is 18.8 Å². The molecule has 0 bridgehead atoms. The van der Waals surface area contributed by atoms with Crippen molar-refractivity contribution in [3.8, 4) is 5.95 Å². The fourth-order valence-corrected chi connectivity index (χ4v) is 3.00. The Labute approximate surface area is 159 Å². The quantitative estimate of drug-likeness (QED) is 0.570. The van der Waals surface area contributed by atoms with E-state index in [-0.39, 0.29) is 0 Å². The molecule has 128 valence electrons. The van der Waals surface area contributed by atoms with E-state index in [1.807, 2.05) is 0 Å². The third-order valence-corrected chi connectivity index (χ3v) is 4.16. The van der Waals surface area contributed by atoms with E-state index in [2.05, 4.69) is 67.5 Å². The van der Waals surface area contributed by atoms with Gasteiger partial charge < -0.3 is 10.6 Å². The van der Waals surface area contributed by atoms with Crippen molar-refractivity contribution >= 4 is 43.6 Å². The summed E-state index contributed by atoms with van der Waals surface area (Å²) in [7, 11) is 0. The smallest absolute Gasteiger partial charge is 0.319 e. The fourth-order valence-electron chi connectivity index (χ4n) is 2.03. The number of aromatic nitrogens is 6. The third-order valence-electron chi connectivity index (χ3n) is 3.11. The number of halogens is 2. The monoisotopic (exact) mass is 466 g/mol. The Balaban J connectivity index is 1.71. The molecule has 0 saturated heterocycles. The average molecular weight is 468 g/mol. The van der Waals surface area contributed by atoms with Gasteiger partial charge in [0.05, 0.1) is 11.7 Å². The minimum Gasteiger partial charge on any atom is -0.328 e. The van der Waals surface area contributed by atoms with Gasteiger partial charge in [0.1, 0.15) is 15.5 Å². The van der Waals surface area contributed by atoms with Gasteiger partial charge in [0.25, 0.3) is 5.95 Å². The Bertz CT molecular complexity index is 886. The Morgan fingerprint density at radius 2 is 1.96 bits per heavy atom. The molecule has 3 aromatic heterocycles. The molecule has 2 amide bonds.